The lowest BCUT2D eigenvalue weighted by molar-refractivity contribution is 0.0599. The van der Waals surface area contributed by atoms with E-state index in [1.165, 1.54) is 32.4 Å². The first-order valence-electron chi connectivity index (χ1n) is 9.30. The maximum absolute atomic E-state index is 12.6. The quantitative estimate of drug-likeness (QED) is 0.518. The highest BCUT2D eigenvalue weighted by Gasteiger charge is 2.15. The third kappa shape index (κ3) is 5.58. The summed E-state index contributed by atoms with van der Waals surface area (Å²) >= 11 is 0. The Hall–Kier alpha value is -4.37. The zero-order valence-corrected chi connectivity index (χ0v) is 17.0. The molecule has 31 heavy (non-hydrogen) atoms. The number of amides is 1. The first-order valence-corrected chi connectivity index (χ1v) is 9.30. The van der Waals surface area contributed by atoms with Crippen molar-refractivity contribution < 1.29 is 23.9 Å². The van der Waals surface area contributed by atoms with Crippen molar-refractivity contribution in [3.63, 3.8) is 0 Å². The highest BCUT2D eigenvalue weighted by molar-refractivity contribution is 6.06. The third-order valence-electron chi connectivity index (χ3n) is 4.31. The van der Waals surface area contributed by atoms with Crippen molar-refractivity contribution in [2.24, 2.45) is 0 Å². The van der Waals surface area contributed by atoms with Gasteiger partial charge in [-0.1, -0.05) is 30.0 Å². The Labute approximate surface area is 179 Å². The van der Waals surface area contributed by atoms with Crippen LogP contribution in [0.15, 0.2) is 72.8 Å². The zero-order chi connectivity index (χ0) is 22.2. The lowest BCUT2D eigenvalue weighted by Crippen LogP contribution is -2.14. The molecule has 6 nitrogen and oxygen atoms in total. The molecule has 0 radical (unpaired) electrons. The van der Waals surface area contributed by atoms with E-state index in [1.54, 1.807) is 24.3 Å². The van der Waals surface area contributed by atoms with E-state index in [-0.39, 0.29) is 16.8 Å². The van der Waals surface area contributed by atoms with Crippen LogP contribution in [0.25, 0.3) is 0 Å². The van der Waals surface area contributed by atoms with Gasteiger partial charge in [0, 0.05) is 22.4 Å². The molecule has 0 heterocycles. The molecule has 6 heteroatoms. The lowest BCUT2D eigenvalue weighted by Gasteiger charge is -2.10. The fourth-order valence-corrected chi connectivity index (χ4v) is 2.75. The molecule has 0 aromatic heterocycles. The molecule has 0 bridgehead atoms. The topological polar surface area (TPSA) is 81.7 Å². The second-order valence-corrected chi connectivity index (χ2v) is 6.43. The molecule has 0 unspecified atom stereocenters. The number of benzene rings is 3. The molecule has 0 saturated heterocycles. The Balaban J connectivity index is 1.79. The molecular weight excluding hydrogens is 394 g/mol. The summed E-state index contributed by atoms with van der Waals surface area (Å²) in [5.74, 6) is 4.43. The van der Waals surface area contributed by atoms with Crippen LogP contribution in [0.1, 0.15) is 42.2 Å². The summed E-state index contributed by atoms with van der Waals surface area (Å²) in [4.78, 5) is 36.4. The molecule has 0 aliphatic carbocycles. The van der Waals surface area contributed by atoms with Gasteiger partial charge in [-0.2, -0.15) is 0 Å². The Bertz CT molecular complexity index is 1140. The summed E-state index contributed by atoms with van der Waals surface area (Å²) in [5.41, 5.74) is 2.56. The predicted octanol–water partition coefficient (Wildman–Crippen LogP) is 3.91. The molecule has 0 atom stereocenters. The van der Waals surface area contributed by atoms with Gasteiger partial charge < -0.3 is 14.8 Å². The molecule has 154 valence electrons. The number of methoxy groups -OCH3 is 2. The number of esters is 2. The van der Waals surface area contributed by atoms with Crippen LogP contribution < -0.4 is 5.32 Å². The second kappa shape index (κ2) is 9.90. The average Bonchev–Trinajstić information content (AvgIpc) is 2.82. The molecule has 0 aliphatic rings. The fourth-order valence-electron chi connectivity index (χ4n) is 2.75. The van der Waals surface area contributed by atoms with Crippen LogP contribution in [0.5, 0.6) is 0 Å². The Morgan fingerprint density at radius 2 is 1.19 bits per heavy atom. The van der Waals surface area contributed by atoms with E-state index >= 15 is 0 Å². The van der Waals surface area contributed by atoms with Crippen molar-refractivity contribution in [1.29, 1.82) is 0 Å². The van der Waals surface area contributed by atoms with E-state index < -0.39 is 17.8 Å². The zero-order valence-electron chi connectivity index (χ0n) is 17.0. The van der Waals surface area contributed by atoms with Gasteiger partial charge in [0.1, 0.15) is 0 Å². The van der Waals surface area contributed by atoms with Gasteiger partial charge in [-0.05, 0) is 54.6 Å². The molecule has 1 N–H and O–H groups in total. The van der Waals surface area contributed by atoms with E-state index in [0.29, 0.717) is 5.56 Å². The summed E-state index contributed by atoms with van der Waals surface area (Å²) in [6.07, 6.45) is 0. The number of nitrogens with one attached hydrogen (secondary N) is 1. The second-order valence-electron chi connectivity index (χ2n) is 6.43. The van der Waals surface area contributed by atoms with Crippen LogP contribution in [0.4, 0.5) is 5.69 Å². The Kier molecular flexibility index (Phi) is 6.82. The van der Waals surface area contributed by atoms with E-state index in [0.717, 1.165) is 11.1 Å². The van der Waals surface area contributed by atoms with Crippen molar-refractivity contribution in [3.05, 3.63) is 101 Å². The molecule has 3 aromatic rings. The monoisotopic (exact) mass is 413 g/mol. The van der Waals surface area contributed by atoms with Crippen LogP contribution in [0.3, 0.4) is 0 Å². The van der Waals surface area contributed by atoms with E-state index in [9.17, 15) is 14.4 Å². The summed E-state index contributed by atoms with van der Waals surface area (Å²) < 4.78 is 9.40. The van der Waals surface area contributed by atoms with Gasteiger partial charge in [0.05, 0.1) is 25.3 Å². The molecule has 0 spiro atoms. The van der Waals surface area contributed by atoms with Crippen molar-refractivity contribution in [2.45, 2.75) is 0 Å². The molecular formula is C25H19NO5. The number of hydrogen-bond acceptors (Lipinski definition) is 5. The minimum absolute atomic E-state index is 0.118. The maximum atomic E-state index is 12.6. The summed E-state index contributed by atoms with van der Waals surface area (Å²) in [6.45, 7) is 0. The minimum atomic E-state index is -0.636. The van der Waals surface area contributed by atoms with Gasteiger partial charge in [-0.3, -0.25) is 4.79 Å². The van der Waals surface area contributed by atoms with Gasteiger partial charge in [0.25, 0.3) is 5.91 Å². The molecule has 3 rings (SSSR count). The van der Waals surface area contributed by atoms with Gasteiger partial charge >= 0.3 is 11.9 Å². The number of ether oxygens (including phenoxy) is 2. The molecule has 0 fully saturated rings. The Morgan fingerprint density at radius 3 is 1.71 bits per heavy atom. The van der Waals surface area contributed by atoms with Gasteiger partial charge in [-0.15, -0.1) is 0 Å². The predicted molar refractivity (Wildman–Crippen MR) is 116 cm³/mol. The van der Waals surface area contributed by atoms with Crippen LogP contribution in [0.2, 0.25) is 0 Å². The van der Waals surface area contributed by atoms with Crippen LogP contribution in [-0.2, 0) is 9.47 Å². The van der Waals surface area contributed by atoms with Crippen molar-refractivity contribution in [1.82, 2.24) is 0 Å². The molecule has 3 aromatic carbocycles. The van der Waals surface area contributed by atoms with Gasteiger partial charge in [0.15, 0.2) is 0 Å². The van der Waals surface area contributed by atoms with Crippen molar-refractivity contribution >= 4 is 23.5 Å². The average molecular weight is 413 g/mol. The van der Waals surface area contributed by atoms with Crippen LogP contribution in [-0.4, -0.2) is 32.1 Å². The fraction of sp³-hybridized carbons (Fsp3) is 0.0800. The third-order valence-corrected chi connectivity index (χ3v) is 4.31. The number of carbonyl (C=O) groups is 3. The van der Waals surface area contributed by atoms with E-state index in [4.69, 9.17) is 9.47 Å². The highest BCUT2D eigenvalue weighted by atomic mass is 16.5. The van der Waals surface area contributed by atoms with Crippen LogP contribution >= 0.6 is 0 Å². The van der Waals surface area contributed by atoms with Gasteiger partial charge in [0.2, 0.25) is 0 Å². The number of carbonyl (C=O) groups excluding carboxylic acids is 3. The number of hydrogen-bond donors (Lipinski definition) is 1. The molecule has 1 amide bonds. The SMILES string of the molecule is COC(=O)c1cc(NC(=O)c2ccc(C#Cc3ccccc3)cc2)cc(C(=O)OC)c1. The maximum Gasteiger partial charge on any atom is 0.337 e. The smallest absolute Gasteiger partial charge is 0.337 e. The highest BCUT2D eigenvalue weighted by Crippen LogP contribution is 2.18. The minimum Gasteiger partial charge on any atom is -0.465 e. The first-order chi connectivity index (χ1) is 15.0. The van der Waals surface area contributed by atoms with E-state index in [2.05, 4.69) is 17.2 Å². The Morgan fingerprint density at radius 1 is 0.677 bits per heavy atom. The number of anilines is 1. The lowest BCUT2D eigenvalue weighted by atomic mass is 10.1. The van der Waals surface area contributed by atoms with Crippen LogP contribution in [0, 0.1) is 11.8 Å². The molecule has 0 saturated carbocycles. The van der Waals surface area contributed by atoms with Gasteiger partial charge in [-0.25, -0.2) is 9.59 Å². The molecule has 0 aliphatic heterocycles. The van der Waals surface area contributed by atoms with E-state index in [1.807, 2.05) is 30.3 Å². The summed E-state index contributed by atoms with van der Waals surface area (Å²) in [6, 6.07) is 20.6. The largest absolute Gasteiger partial charge is 0.465 e. The standard InChI is InChI=1S/C25H19NO5/c1-30-24(28)20-14-21(25(29)31-2)16-22(15-20)26-23(27)19-12-10-18(11-13-19)9-8-17-6-4-3-5-7-17/h3-7,10-16H,1-2H3,(H,26,27). The first kappa shape index (κ1) is 21.3. The summed E-state index contributed by atoms with van der Waals surface area (Å²) in [7, 11) is 2.46. The normalized spacial score (nSPS) is 9.74. The number of rotatable bonds is 4. The van der Waals surface area contributed by atoms with Crippen molar-refractivity contribution in [3.8, 4) is 11.8 Å². The van der Waals surface area contributed by atoms with Crippen molar-refractivity contribution in [2.75, 3.05) is 19.5 Å². The summed E-state index contributed by atoms with van der Waals surface area (Å²) in [5, 5.41) is 2.68.